The van der Waals surface area contributed by atoms with Gasteiger partial charge in [0.2, 0.25) is 0 Å². The van der Waals surface area contributed by atoms with E-state index in [0.29, 0.717) is 39.6 Å². The third-order valence-electron chi connectivity index (χ3n) is 3.69. The van der Waals surface area contributed by atoms with Gasteiger partial charge in [0.1, 0.15) is 17.4 Å². The molecule has 0 fully saturated rings. The van der Waals surface area contributed by atoms with E-state index in [1.54, 1.807) is 43.5 Å². The van der Waals surface area contributed by atoms with Gasteiger partial charge in [0.25, 0.3) is 5.91 Å². The molecule has 0 aliphatic heterocycles. The van der Waals surface area contributed by atoms with E-state index in [2.05, 4.69) is 21.2 Å². The number of carbonyl (C=O) groups is 1. The van der Waals surface area contributed by atoms with Crippen LogP contribution in [-0.2, 0) is 4.79 Å². The third kappa shape index (κ3) is 6.26. The molecule has 0 aliphatic carbocycles. The SMILES string of the molecule is CCOc1cc(C=C(C#N)C(=O)Nc2cccc(OC)c2)cc(Br)c1OC(C)C. The molecule has 2 aromatic carbocycles. The van der Waals surface area contributed by atoms with Crippen molar-refractivity contribution in [3.63, 3.8) is 0 Å². The average Bonchev–Trinajstić information content (AvgIpc) is 2.68. The molecule has 2 rings (SSSR count). The molecule has 2 aromatic rings. The van der Waals surface area contributed by atoms with Crippen molar-refractivity contribution in [3.8, 4) is 23.3 Å². The smallest absolute Gasteiger partial charge is 0.266 e. The molecule has 0 atom stereocenters. The van der Waals surface area contributed by atoms with Crippen LogP contribution in [0.15, 0.2) is 46.4 Å². The van der Waals surface area contributed by atoms with Gasteiger partial charge in [-0.3, -0.25) is 4.79 Å². The maximum Gasteiger partial charge on any atom is 0.266 e. The van der Waals surface area contributed by atoms with Gasteiger partial charge >= 0.3 is 0 Å². The van der Waals surface area contributed by atoms with E-state index in [-0.39, 0.29) is 11.7 Å². The van der Waals surface area contributed by atoms with Crippen molar-refractivity contribution in [1.82, 2.24) is 0 Å². The highest BCUT2D eigenvalue weighted by Crippen LogP contribution is 2.38. The van der Waals surface area contributed by atoms with Gasteiger partial charge in [0, 0.05) is 11.8 Å². The molecule has 7 heteroatoms. The second-order valence-corrected chi connectivity index (χ2v) is 7.14. The Morgan fingerprint density at radius 2 is 2.07 bits per heavy atom. The maximum atomic E-state index is 12.5. The number of anilines is 1. The molecule has 0 bridgehead atoms. The van der Waals surface area contributed by atoms with Crippen LogP contribution in [0.2, 0.25) is 0 Å². The Kier molecular flexibility index (Phi) is 8.10. The minimum atomic E-state index is -0.516. The minimum Gasteiger partial charge on any atom is -0.497 e. The number of benzene rings is 2. The van der Waals surface area contributed by atoms with E-state index in [9.17, 15) is 10.1 Å². The lowest BCUT2D eigenvalue weighted by atomic mass is 10.1. The van der Waals surface area contributed by atoms with Crippen LogP contribution in [0, 0.1) is 11.3 Å². The number of rotatable bonds is 8. The normalized spacial score (nSPS) is 11.0. The first-order chi connectivity index (χ1) is 13.9. The number of halogens is 1. The quantitative estimate of drug-likeness (QED) is 0.434. The molecule has 152 valence electrons. The summed E-state index contributed by atoms with van der Waals surface area (Å²) in [5.74, 6) is 1.21. The van der Waals surface area contributed by atoms with Crippen molar-refractivity contribution in [2.75, 3.05) is 19.0 Å². The predicted octanol–water partition coefficient (Wildman–Crippen LogP) is 5.19. The van der Waals surface area contributed by atoms with E-state index in [4.69, 9.17) is 14.2 Å². The highest BCUT2D eigenvalue weighted by atomic mass is 79.9. The summed E-state index contributed by atoms with van der Waals surface area (Å²) in [7, 11) is 1.54. The lowest BCUT2D eigenvalue weighted by molar-refractivity contribution is -0.112. The summed E-state index contributed by atoms with van der Waals surface area (Å²) in [6, 6.07) is 12.4. The first-order valence-corrected chi connectivity index (χ1v) is 9.87. The molecule has 1 N–H and O–H groups in total. The Bertz CT molecular complexity index is 948. The van der Waals surface area contributed by atoms with Crippen molar-refractivity contribution < 1.29 is 19.0 Å². The second-order valence-electron chi connectivity index (χ2n) is 6.29. The van der Waals surface area contributed by atoms with Gasteiger partial charge in [0.05, 0.1) is 24.3 Å². The highest BCUT2D eigenvalue weighted by molar-refractivity contribution is 9.10. The number of nitrogens with one attached hydrogen (secondary N) is 1. The Morgan fingerprint density at radius 1 is 1.31 bits per heavy atom. The van der Waals surface area contributed by atoms with Gasteiger partial charge in [-0.1, -0.05) is 6.07 Å². The molecule has 0 radical (unpaired) electrons. The van der Waals surface area contributed by atoms with Crippen LogP contribution in [0.25, 0.3) is 6.08 Å². The van der Waals surface area contributed by atoms with E-state index in [1.807, 2.05) is 26.8 Å². The molecule has 0 unspecified atom stereocenters. The summed E-state index contributed by atoms with van der Waals surface area (Å²) in [5.41, 5.74) is 1.13. The van der Waals surface area contributed by atoms with E-state index >= 15 is 0 Å². The van der Waals surface area contributed by atoms with Crippen LogP contribution < -0.4 is 19.5 Å². The fraction of sp³-hybridized carbons (Fsp3) is 0.273. The Labute approximate surface area is 179 Å². The minimum absolute atomic E-state index is 0.0322. The van der Waals surface area contributed by atoms with Crippen molar-refractivity contribution >= 4 is 33.6 Å². The van der Waals surface area contributed by atoms with Crippen molar-refractivity contribution in [3.05, 3.63) is 52.0 Å². The number of hydrogen-bond donors (Lipinski definition) is 1. The van der Waals surface area contributed by atoms with Crippen LogP contribution in [0.3, 0.4) is 0 Å². The highest BCUT2D eigenvalue weighted by Gasteiger charge is 2.15. The van der Waals surface area contributed by atoms with Crippen LogP contribution in [0.4, 0.5) is 5.69 Å². The summed E-state index contributed by atoms with van der Waals surface area (Å²) < 4.78 is 17.3. The monoisotopic (exact) mass is 458 g/mol. The van der Waals surface area contributed by atoms with Crippen molar-refractivity contribution in [2.24, 2.45) is 0 Å². The number of nitrogens with zero attached hydrogens (tertiary/aromatic N) is 1. The molecule has 0 saturated carbocycles. The zero-order valence-corrected chi connectivity index (χ0v) is 18.4. The number of hydrogen-bond acceptors (Lipinski definition) is 5. The first kappa shape index (κ1) is 22.3. The van der Waals surface area contributed by atoms with Crippen molar-refractivity contribution in [1.29, 1.82) is 5.26 Å². The molecule has 0 saturated heterocycles. The molecular weight excluding hydrogens is 436 g/mol. The summed E-state index contributed by atoms with van der Waals surface area (Å²) in [5, 5.41) is 12.2. The summed E-state index contributed by atoms with van der Waals surface area (Å²) >= 11 is 3.48. The standard InChI is InChI=1S/C22H23BrN2O4/c1-5-28-20-11-15(10-19(23)21(20)29-14(2)3)9-16(13-24)22(26)25-17-7-6-8-18(12-17)27-4/h6-12,14H,5H2,1-4H3,(H,25,26). The number of carbonyl (C=O) groups excluding carboxylic acids is 1. The lowest BCUT2D eigenvalue weighted by Gasteiger charge is -2.17. The lowest BCUT2D eigenvalue weighted by Crippen LogP contribution is -2.13. The molecule has 0 aromatic heterocycles. The maximum absolute atomic E-state index is 12.5. The van der Waals surface area contributed by atoms with E-state index in [0.717, 1.165) is 0 Å². The van der Waals surface area contributed by atoms with Gasteiger partial charge in [-0.05, 0) is 72.6 Å². The van der Waals surface area contributed by atoms with Gasteiger partial charge in [-0.15, -0.1) is 0 Å². The molecule has 1 amide bonds. The fourth-order valence-corrected chi connectivity index (χ4v) is 3.05. The zero-order chi connectivity index (χ0) is 21.4. The largest absolute Gasteiger partial charge is 0.497 e. The third-order valence-corrected chi connectivity index (χ3v) is 4.28. The molecule has 0 heterocycles. The Balaban J connectivity index is 2.33. The van der Waals surface area contributed by atoms with Gasteiger partial charge in [-0.2, -0.15) is 5.26 Å². The van der Waals surface area contributed by atoms with Crippen LogP contribution in [0.1, 0.15) is 26.3 Å². The molecule has 29 heavy (non-hydrogen) atoms. The predicted molar refractivity (Wildman–Crippen MR) is 116 cm³/mol. The summed E-state index contributed by atoms with van der Waals surface area (Å²) in [4.78, 5) is 12.5. The average molecular weight is 459 g/mol. The summed E-state index contributed by atoms with van der Waals surface area (Å²) in [6.45, 7) is 6.17. The molecule has 6 nitrogen and oxygen atoms in total. The molecular formula is C22H23BrN2O4. The Hall–Kier alpha value is -2.98. The Morgan fingerprint density at radius 3 is 2.69 bits per heavy atom. The summed E-state index contributed by atoms with van der Waals surface area (Å²) in [6.07, 6.45) is 1.47. The van der Waals surface area contributed by atoms with Crippen LogP contribution >= 0.6 is 15.9 Å². The van der Waals surface area contributed by atoms with Gasteiger partial charge in [0.15, 0.2) is 11.5 Å². The topological polar surface area (TPSA) is 80.6 Å². The number of amides is 1. The zero-order valence-electron chi connectivity index (χ0n) is 16.8. The fourth-order valence-electron chi connectivity index (χ4n) is 2.50. The number of ether oxygens (including phenoxy) is 3. The van der Waals surface area contributed by atoms with E-state index < -0.39 is 5.91 Å². The second kappa shape index (κ2) is 10.5. The molecule has 0 aliphatic rings. The number of methoxy groups -OCH3 is 1. The molecule has 0 spiro atoms. The van der Waals surface area contributed by atoms with E-state index in [1.165, 1.54) is 6.08 Å². The number of nitriles is 1. The van der Waals surface area contributed by atoms with Gasteiger partial charge < -0.3 is 19.5 Å². The first-order valence-electron chi connectivity index (χ1n) is 9.08. The van der Waals surface area contributed by atoms with Crippen LogP contribution in [0.5, 0.6) is 17.2 Å². The van der Waals surface area contributed by atoms with Crippen LogP contribution in [-0.4, -0.2) is 25.7 Å². The van der Waals surface area contributed by atoms with Gasteiger partial charge in [-0.25, -0.2) is 0 Å². The van der Waals surface area contributed by atoms with Crippen molar-refractivity contribution in [2.45, 2.75) is 26.9 Å².